The van der Waals surface area contributed by atoms with E-state index in [1.54, 1.807) is 0 Å². The third-order valence-corrected chi connectivity index (χ3v) is 8.81. The molecule has 4 nitrogen and oxygen atoms in total. The molecule has 0 amide bonds. The van der Waals surface area contributed by atoms with Gasteiger partial charge >= 0.3 is 12.1 Å². The average Bonchev–Trinajstić information content (AvgIpc) is 2.67. The number of esters is 1. The Balaban J connectivity index is 2.69. The van der Waals surface area contributed by atoms with Crippen LogP contribution in [0.3, 0.4) is 0 Å². The summed E-state index contributed by atoms with van der Waals surface area (Å²) >= 11 is 0. The number of carbonyl (C=O) groups excluding carboxylic acids is 1. The van der Waals surface area contributed by atoms with E-state index in [9.17, 15) is 18.0 Å². The van der Waals surface area contributed by atoms with Gasteiger partial charge in [0.25, 0.3) is 0 Å². The molecule has 0 aliphatic carbocycles. The van der Waals surface area contributed by atoms with Crippen molar-refractivity contribution in [2.24, 2.45) is 5.92 Å². The van der Waals surface area contributed by atoms with E-state index >= 15 is 0 Å². The molecule has 1 aliphatic rings. The second-order valence-electron chi connectivity index (χ2n) is 7.19. The highest BCUT2D eigenvalue weighted by Crippen LogP contribution is 2.41. The van der Waals surface area contributed by atoms with E-state index < -0.39 is 38.8 Å². The SMILES string of the molecule is CC(=O)O[C@H]1O[C@H](CO[Si](C)(C)C(C)(C)C)C[C@@H]1C(F)(F)F. The minimum atomic E-state index is -4.47. The minimum Gasteiger partial charge on any atom is -0.435 e. The lowest BCUT2D eigenvalue weighted by atomic mass is 10.0. The molecule has 0 unspecified atom stereocenters. The Morgan fingerprint density at radius 1 is 1.27 bits per heavy atom. The van der Waals surface area contributed by atoms with E-state index in [1.165, 1.54) is 0 Å². The van der Waals surface area contributed by atoms with Crippen molar-refractivity contribution in [1.82, 2.24) is 0 Å². The van der Waals surface area contributed by atoms with E-state index in [2.05, 4.69) is 25.5 Å². The van der Waals surface area contributed by atoms with Crippen molar-refractivity contribution < 1.29 is 31.9 Å². The molecule has 0 saturated carbocycles. The molecular weight excluding hydrogens is 317 g/mol. The Morgan fingerprint density at radius 3 is 2.23 bits per heavy atom. The Bertz CT molecular complexity index is 404. The lowest BCUT2D eigenvalue weighted by Gasteiger charge is -2.36. The average molecular weight is 342 g/mol. The topological polar surface area (TPSA) is 44.8 Å². The van der Waals surface area contributed by atoms with Gasteiger partial charge in [-0.15, -0.1) is 0 Å². The second kappa shape index (κ2) is 6.49. The zero-order valence-corrected chi connectivity index (χ0v) is 14.9. The molecular formula is C14H25F3O4Si. The molecule has 0 N–H and O–H groups in total. The fourth-order valence-electron chi connectivity index (χ4n) is 1.92. The quantitative estimate of drug-likeness (QED) is 0.575. The van der Waals surface area contributed by atoms with Crippen LogP contribution in [0.25, 0.3) is 0 Å². The van der Waals surface area contributed by atoms with Crippen molar-refractivity contribution in [2.45, 2.75) is 70.8 Å². The van der Waals surface area contributed by atoms with E-state index in [-0.39, 0.29) is 18.1 Å². The molecule has 1 rings (SSSR count). The van der Waals surface area contributed by atoms with Crippen molar-refractivity contribution in [3.8, 4) is 0 Å². The number of hydrogen-bond acceptors (Lipinski definition) is 4. The summed E-state index contributed by atoms with van der Waals surface area (Å²) in [6.07, 6.45) is -7.02. The maximum absolute atomic E-state index is 13.0. The summed E-state index contributed by atoms with van der Waals surface area (Å²) in [5.41, 5.74) is 0. The van der Waals surface area contributed by atoms with Crippen LogP contribution in [0, 0.1) is 5.92 Å². The summed E-state index contributed by atoms with van der Waals surface area (Å²) in [6, 6.07) is 0. The molecule has 1 heterocycles. The Hall–Kier alpha value is -0.603. The molecule has 0 aromatic rings. The van der Waals surface area contributed by atoms with Crippen LogP contribution < -0.4 is 0 Å². The standard InChI is InChI=1S/C14H25F3O4Si/c1-9(18)20-12-11(14(15,16)17)7-10(21-12)8-19-22(5,6)13(2,3)4/h10-12H,7-8H2,1-6H3/t10-,11-,12-/m0/s1. The lowest BCUT2D eigenvalue weighted by Crippen LogP contribution is -2.42. The number of rotatable bonds is 4. The van der Waals surface area contributed by atoms with Crippen molar-refractivity contribution in [1.29, 1.82) is 0 Å². The lowest BCUT2D eigenvalue weighted by molar-refractivity contribution is -0.234. The van der Waals surface area contributed by atoms with Gasteiger partial charge in [-0.1, -0.05) is 20.8 Å². The van der Waals surface area contributed by atoms with Crippen LogP contribution in [0.2, 0.25) is 18.1 Å². The normalized spacial score (nSPS) is 27.0. The molecule has 3 atom stereocenters. The van der Waals surface area contributed by atoms with Crippen LogP contribution in [-0.2, 0) is 18.7 Å². The smallest absolute Gasteiger partial charge is 0.397 e. The van der Waals surface area contributed by atoms with Crippen LogP contribution in [0.4, 0.5) is 13.2 Å². The summed E-state index contributed by atoms with van der Waals surface area (Å²) in [7, 11) is -2.06. The van der Waals surface area contributed by atoms with Crippen LogP contribution >= 0.6 is 0 Å². The monoisotopic (exact) mass is 342 g/mol. The summed E-state index contributed by atoms with van der Waals surface area (Å²) in [6.45, 7) is 11.3. The van der Waals surface area contributed by atoms with Gasteiger partial charge in [0.2, 0.25) is 6.29 Å². The van der Waals surface area contributed by atoms with Crippen molar-refractivity contribution in [3.05, 3.63) is 0 Å². The first-order chi connectivity index (χ1) is 9.74. The van der Waals surface area contributed by atoms with Gasteiger partial charge in [-0.2, -0.15) is 13.2 Å². The molecule has 0 radical (unpaired) electrons. The molecule has 0 bridgehead atoms. The zero-order chi connectivity index (χ0) is 17.3. The van der Waals surface area contributed by atoms with Crippen LogP contribution in [0.1, 0.15) is 34.1 Å². The maximum Gasteiger partial charge on any atom is 0.397 e. The highest BCUT2D eigenvalue weighted by Gasteiger charge is 2.53. The first kappa shape index (κ1) is 19.4. The third-order valence-electron chi connectivity index (χ3n) is 4.31. The highest BCUT2D eigenvalue weighted by atomic mass is 28.4. The van der Waals surface area contributed by atoms with Gasteiger partial charge in [0.05, 0.1) is 12.7 Å². The predicted molar refractivity (Wildman–Crippen MR) is 77.7 cm³/mol. The highest BCUT2D eigenvalue weighted by molar-refractivity contribution is 6.74. The molecule has 0 spiro atoms. The van der Waals surface area contributed by atoms with Gasteiger partial charge in [0.15, 0.2) is 8.32 Å². The molecule has 1 fully saturated rings. The molecule has 22 heavy (non-hydrogen) atoms. The van der Waals surface area contributed by atoms with E-state index in [0.717, 1.165) is 6.92 Å². The summed E-state index contributed by atoms with van der Waals surface area (Å²) < 4.78 is 54.8. The third kappa shape index (κ3) is 4.96. The van der Waals surface area contributed by atoms with E-state index in [0.29, 0.717) is 0 Å². The molecule has 1 saturated heterocycles. The Labute approximate surface area is 130 Å². The molecule has 1 aliphatic heterocycles. The van der Waals surface area contributed by atoms with Gasteiger partial charge in [0, 0.05) is 6.92 Å². The number of hydrogen-bond donors (Lipinski definition) is 0. The van der Waals surface area contributed by atoms with Gasteiger partial charge in [0.1, 0.15) is 5.92 Å². The van der Waals surface area contributed by atoms with Gasteiger partial charge in [-0.3, -0.25) is 4.79 Å². The first-order valence-electron chi connectivity index (χ1n) is 7.27. The van der Waals surface area contributed by atoms with Gasteiger partial charge in [-0.05, 0) is 24.6 Å². The summed E-state index contributed by atoms with van der Waals surface area (Å²) in [5, 5.41) is -0.0374. The molecule has 0 aromatic carbocycles. The number of alkyl halides is 3. The first-order valence-corrected chi connectivity index (χ1v) is 10.2. The fourth-order valence-corrected chi connectivity index (χ4v) is 2.96. The fraction of sp³-hybridized carbons (Fsp3) is 0.929. The molecule has 0 aromatic heterocycles. The van der Waals surface area contributed by atoms with Crippen LogP contribution in [0.5, 0.6) is 0 Å². The van der Waals surface area contributed by atoms with Gasteiger partial charge in [-0.25, -0.2) is 0 Å². The van der Waals surface area contributed by atoms with Crippen LogP contribution in [-0.4, -0.2) is 39.5 Å². The molecule has 130 valence electrons. The van der Waals surface area contributed by atoms with E-state index in [4.69, 9.17) is 9.16 Å². The maximum atomic E-state index is 13.0. The van der Waals surface area contributed by atoms with Crippen molar-refractivity contribution in [2.75, 3.05) is 6.61 Å². The number of halogens is 3. The Morgan fingerprint density at radius 2 is 1.82 bits per heavy atom. The van der Waals surface area contributed by atoms with E-state index in [1.807, 2.05) is 13.1 Å². The largest absolute Gasteiger partial charge is 0.435 e. The predicted octanol–water partition coefficient (Wildman–Crippen LogP) is 3.86. The van der Waals surface area contributed by atoms with Gasteiger partial charge < -0.3 is 13.9 Å². The van der Waals surface area contributed by atoms with Crippen LogP contribution in [0.15, 0.2) is 0 Å². The zero-order valence-electron chi connectivity index (χ0n) is 13.9. The number of ether oxygens (including phenoxy) is 2. The summed E-state index contributed by atoms with van der Waals surface area (Å²) in [4.78, 5) is 10.9. The molecule has 8 heteroatoms. The minimum absolute atomic E-state index is 0.0374. The van der Waals surface area contributed by atoms with Crippen molar-refractivity contribution >= 4 is 14.3 Å². The van der Waals surface area contributed by atoms with Crippen molar-refractivity contribution in [3.63, 3.8) is 0 Å². The second-order valence-corrected chi connectivity index (χ2v) is 12.0. The number of carbonyl (C=O) groups is 1. The Kier molecular flexibility index (Phi) is 5.73. The summed E-state index contributed by atoms with van der Waals surface area (Å²) in [5.74, 6) is -2.59.